The lowest BCUT2D eigenvalue weighted by Gasteiger charge is -2.17. The van der Waals surface area contributed by atoms with Crippen molar-refractivity contribution in [2.45, 2.75) is 0 Å². The van der Waals surface area contributed by atoms with Crippen LogP contribution in [0.2, 0.25) is 5.02 Å². The molecule has 5 nitrogen and oxygen atoms in total. The van der Waals surface area contributed by atoms with Gasteiger partial charge in [-0.2, -0.15) is 0 Å². The molecule has 0 radical (unpaired) electrons. The van der Waals surface area contributed by atoms with Crippen molar-refractivity contribution in [1.82, 2.24) is 4.90 Å². The Kier molecular flexibility index (Phi) is 4.54. The Morgan fingerprint density at radius 1 is 1.62 bits per heavy atom. The minimum atomic E-state index is -0.246. The smallest absolute Gasteiger partial charge is 0.255 e. The van der Waals surface area contributed by atoms with Gasteiger partial charge in [-0.15, -0.1) is 0 Å². The SMILES string of the molecule is CN(CCO)C(=O)c1cc(Cl)ccc1NN. The lowest BCUT2D eigenvalue weighted by Crippen LogP contribution is -2.30. The number of hydrogen-bond acceptors (Lipinski definition) is 4. The first-order chi connectivity index (χ1) is 7.60. The summed E-state index contributed by atoms with van der Waals surface area (Å²) in [7, 11) is 1.60. The van der Waals surface area contributed by atoms with Crippen LogP contribution in [0.15, 0.2) is 18.2 Å². The molecular weight excluding hydrogens is 230 g/mol. The molecule has 0 atom stereocenters. The maximum absolute atomic E-state index is 11.9. The first-order valence-corrected chi connectivity index (χ1v) is 5.10. The van der Waals surface area contributed by atoms with Crippen LogP contribution in [0, 0.1) is 0 Å². The van der Waals surface area contributed by atoms with Crippen molar-refractivity contribution >= 4 is 23.2 Å². The normalized spacial score (nSPS) is 10.0. The van der Waals surface area contributed by atoms with E-state index in [0.29, 0.717) is 16.3 Å². The van der Waals surface area contributed by atoms with Crippen LogP contribution < -0.4 is 11.3 Å². The highest BCUT2D eigenvalue weighted by molar-refractivity contribution is 6.31. The second-order valence-corrected chi connectivity index (χ2v) is 3.72. The molecule has 0 aliphatic carbocycles. The van der Waals surface area contributed by atoms with Crippen LogP contribution >= 0.6 is 11.6 Å². The van der Waals surface area contributed by atoms with Crippen LogP contribution in [0.25, 0.3) is 0 Å². The average molecular weight is 244 g/mol. The highest BCUT2D eigenvalue weighted by atomic mass is 35.5. The number of hydrazine groups is 1. The van der Waals surface area contributed by atoms with Gasteiger partial charge in [0.25, 0.3) is 5.91 Å². The minimum absolute atomic E-state index is 0.0891. The predicted octanol–water partition coefficient (Wildman–Crippen LogP) is 0.690. The van der Waals surface area contributed by atoms with Crippen LogP contribution in [0.4, 0.5) is 5.69 Å². The third kappa shape index (κ3) is 2.85. The number of carbonyl (C=O) groups excluding carboxylic acids is 1. The third-order valence-corrected chi connectivity index (χ3v) is 2.38. The Morgan fingerprint density at radius 3 is 2.88 bits per heavy atom. The summed E-state index contributed by atoms with van der Waals surface area (Å²) in [5, 5.41) is 9.21. The standard InChI is InChI=1S/C10H14ClN3O2/c1-14(4-5-15)10(16)8-6-7(11)2-3-9(8)13-12/h2-3,6,13,15H,4-5,12H2,1H3. The quantitative estimate of drug-likeness (QED) is 0.537. The first kappa shape index (κ1) is 12.8. The molecule has 0 aliphatic heterocycles. The summed E-state index contributed by atoms with van der Waals surface area (Å²) in [6.45, 7) is 0.170. The summed E-state index contributed by atoms with van der Waals surface area (Å²) in [6.07, 6.45) is 0. The van der Waals surface area contributed by atoms with Crippen molar-refractivity contribution in [3.8, 4) is 0 Å². The minimum Gasteiger partial charge on any atom is -0.395 e. The van der Waals surface area contributed by atoms with E-state index < -0.39 is 0 Å². The Hall–Kier alpha value is -1.30. The van der Waals surface area contributed by atoms with Gasteiger partial charge in [-0.1, -0.05) is 11.6 Å². The summed E-state index contributed by atoms with van der Waals surface area (Å²) in [4.78, 5) is 13.3. The van der Waals surface area contributed by atoms with E-state index in [1.807, 2.05) is 0 Å². The molecule has 1 aromatic rings. The van der Waals surface area contributed by atoms with Crippen LogP contribution in [0.1, 0.15) is 10.4 Å². The molecule has 0 saturated heterocycles. The van der Waals surface area contributed by atoms with Crippen LogP contribution in [0.5, 0.6) is 0 Å². The molecule has 6 heteroatoms. The van der Waals surface area contributed by atoms with Crippen molar-refractivity contribution in [3.63, 3.8) is 0 Å². The van der Waals surface area contributed by atoms with Crippen molar-refractivity contribution in [2.24, 2.45) is 5.84 Å². The summed E-state index contributed by atoms with van der Waals surface area (Å²) in [5.74, 6) is 5.05. The number of nitrogens with one attached hydrogen (secondary N) is 1. The zero-order chi connectivity index (χ0) is 12.1. The molecule has 0 aliphatic rings. The highest BCUT2D eigenvalue weighted by Crippen LogP contribution is 2.21. The second-order valence-electron chi connectivity index (χ2n) is 3.28. The monoisotopic (exact) mass is 243 g/mol. The van der Waals surface area contributed by atoms with E-state index in [1.165, 1.54) is 11.0 Å². The first-order valence-electron chi connectivity index (χ1n) is 4.72. The second kappa shape index (κ2) is 5.69. The van der Waals surface area contributed by atoms with Gasteiger partial charge in [0, 0.05) is 18.6 Å². The number of nitrogen functional groups attached to an aromatic ring is 1. The zero-order valence-corrected chi connectivity index (χ0v) is 9.66. The number of amides is 1. The van der Waals surface area contributed by atoms with Gasteiger partial charge in [-0.05, 0) is 18.2 Å². The number of aliphatic hydroxyl groups is 1. The third-order valence-electron chi connectivity index (χ3n) is 2.15. The summed E-state index contributed by atoms with van der Waals surface area (Å²) >= 11 is 5.81. The van der Waals surface area contributed by atoms with Gasteiger partial charge in [0.2, 0.25) is 0 Å². The number of aliphatic hydroxyl groups excluding tert-OH is 1. The Labute approximate surface area is 98.8 Å². The zero-order valence-electron chi connectivity index (χ0n) is 8.90. The van der Waals surface area contributed by atoms with E-state index in [9.17, 15) is 4.79 Å². The topological polar surface area (TPSA) is 78.6 Å². The summed E-state index contributed by atoms with van der Waals surface area (Å²) in [6, 6.07) is 4.80. The van der Waals surface area contributed by atoms with Crippen molar-refractivity contribution in [1.29, 1.82) is 0 Å². The number of halogens is 1. The molecule has 1 rings (SSSR count). The molecule has 0 unspecified atom stereocenters. The molecule has 0 heterocycles. The van der Waals surface area contributed by atoms with Gasteiger partial charge in [0.05, 0.1) is 17.9 Å². The molecule has 0 bridgehead atoms. The molecule has 1 aromatic carbocycles. The Morgan fingerprint density at radius 2 is 2.31 bits per heavy atom. The summed E-state index contributed by atoms with van der Waals surface area (Å²) < 4.78 is 0. The molecule has 0 aromatic heterocycles. The van der Waals surface area contributed by atoms with Crippen molar-refractivity contribution < 1.29 is 9.90 Å². The van der Waals surface area contributed by atoms with E-state index in [0.717, 1.165) is 0 Å². The van der Waals surface area contributed by atoms with E-state index >= 15 is 0 Å². The fraction of sp³-hybridized carbons (Fsp3) is 0.300. The van der Waals surface area contributed by atoms with E-state index in [4.69, 9.17) is 22.6 Å². The predicted molar refractivity (Wildman–Crippen MR) is 63.3 cm³/mol. The largest absolute Gasteiger partial charge is 0.395 e. The number of benzene rings is 1. The molecule has 0 fully saturated rings. The molecule has 0 saturated carbocycles. The van der Waals surface area contributed by atoms with E-state index in [2.05, 4.69) is 5.43 Å². The summed E-state index contributed by atoms with van der Waals surface area (Å²) in [5.41, 5.74) is 3.31. The van der Waals surface area contributed by atoms with Gasteiger partial charge in [0.15, 0.2) is 0 Å². The Bertz CT molecular complexity index is 384. The lowest BCUT2D eigenvalue weighted by atomic mass is 10.1. The van der Waals surface area contributed by atoms with Gasteiger partial charge in [-0.25, -0.2) is 0 Å². The van der Waals surface area contributed by atoms with Crippen LogP contribution in [-0.4, -0.2) is 36.1 Å². The average Bonchev–Trinajstić information content (AvgIpc) is 2.28. The molecule has 0 spiro atoms. The molecule has 1 amide bonds. The van der Waals surface area contributed by atoms with Gasteiger partial charge >= 0.3 is 0 Å². The van der Waals surface area contributed by atoms with E-state index in [1.54, 1.807) is 19.2 Å². The van der Waals surface area contributed by atoms with E-state index in [-0.39, 0.29) is 19.1 Å². The maximum Gasteiger partial charge on any atom is 0.255 e. The lowest BCUT2D eigenvalue weighted by molar-refractivity contribution is 0.0768. The van der Waals surface area contributed by atoms with Gasteiger partial charge < -0.3 is 15.4 Å². The van der Waals surface area contributed by atoms with Crippen molar-refractivity contribution in [3.05, 3.63) is 28.8 Å². The molecule has 4 N–H and O–H groups in total. The highest BCUT2D eigenvalue weighted by Gasteiger charge is 2.15. The van der Waals surface area contributed by atoms with Crippen molar-refractivity contribution in [2.75, 3.05) is 25.6 Å². The van der Waals surface area contributed by atoms with Crippen LogP contribution in [-0.2, 0) is 0 Å². The fourth-order valence-corrected chi connectivity index (χ4v) is 1.45. The number of likely N-dealkylation sites (N-methyl/N-ethyl adjacent to an activating group) is 1. The number of carbonyl (C=O) groups is 1. The number of rotatable bonds is 4. The van der Waals surface area contributed by atoms with Gasteiger partial charge in [-0.3, -0.25) is 10.6 Å². The molecule has 16 heavy (non-hydrogen) atoms. The molecular formula is C10H14ClN3O2. The number of nitrogens with two attached hydrogens (primary N) is 1. The van der Waals surface area contributed by atoms with Gasteiger partial charge in [0.1, 0.15) is 0 Å². The van der Waals surface area contributed by atoms with Crippen LogP contribution in [0.3, 0.4) is 0 Å². The Balaban J connectivity index is 3.01. The number of hydrogen-bond donors (Lipinski definition) is 3. The molecule has 88 valence electrons. The maximum atomic E-state index is 11.9. The fourth-order valence-electron chi connectivity index (χ4n) is 1.28. The number of anilines is 1. The number of nitrogens with zero attached hydrogens (tertiary/aromatic N) is 1.